The molecule has 3 N–H and O–H groups in total. The first-order valence-corrected chi connectivity index (χ1v) is 13.3. The van der Waals surface area contributed by atoms with Crippen LogP contribution >= 0.6 is 57.8 Å². The molecule has 1 fully saturated rings. The summed E-state index contributed by atoms with van der Waals surface area (Å²) in [6.07, 6.45) is 1.37. The number of imidazole rings is 1. The number of aromatic nitrogens is 4. The fourth-order valence-electron chi connectivity index (χ4n) is 3.25. The van der Waals surface area contributed by atoms with Crippen LogP contribution < -0.4 is 10.1 Å². The Bertz CT molecular complexity index is 962. The number of aromatic amines is 1. The van der Waals surface area contributed by atoms with Gasteiger partial charge in [-0.05, 0) is 52.8 Å². The number of amides is 1. The molecule has 14 heteroatoms. The molecule has 2 aromatic heterocycles. The number of likely N-dealkylation sites (tertiary alicyclic amines) is 1. The fraction of sp³-hybridized carbons (Fsp3) is 0.500. The average molecular weight is 688 g/mol. The number of carboxylic acids is 1. The molecular formula is C18H22I2N6O5S. The minimum atomic E-state index is -1.02. The number of ether oxygens (including phenoxy) is 2. The summed E-state index contributed by atoms with van der Waals surface area (Å²) < 4.78 is 12.0. The van der Waals surface area contributed by atoms with Gasteiger partial charge in [0.05, 0.1) is 10.7 Å². The van der Waals surface area contributed by atoms with Crippen LogP contribution in [0.5, 0.6) is 5.88 Å². The Kier molecular flexibility index (Phi) is 9.60. The summed E-state index contributed by atoms with van der Waals surface area (Å²) in [6.45, 7) is 0.834. The standard InChI is InChI=1S/C18H22I2N6O5S/c19-8-30-11-1-3-26(7-11)18(29)12-5-10(2-4-32)14(25-24-12)15-22-16(21-6-13(27)28)17(23-15)31-9-20/h5,11,21,32H,1-4,6-9H2,(H,22,23)(H,27,28). The largest absolute Gasteiger partial charge is 0.480 e. The lowest BCUT2D eigenvalue weighted by Crippen LogP contribution is -2.31. The summed E-state index contributed by atoms with van der Waals surface area (Å²) in [7, 11) is 0. The first-order chi connectivity index (χ1) is 15.5. The number of aryl methyl sites for hydroxylation is 1. The van der Waals surface area contributed by atoms with Crippen LogP contribution in [-0.2, 0) is 16.0 Å². The predicted molar refractivity (Wildman–Crippen MR) is 137 cm³/mol. The highest BCUT2D eigenvalue weighted by atomic mass is 127. The second-order valence-corrected chi connectivity index (χ2v) is 8.47. The summed E-state index contributed by atoms with van der Waals surface area (Å²) in [5.74, 6) is 0.236. The number of hydrogen-bond acceptors (Lipinski definition) is 9. The highest BCUT2D eigenvalue weighted by Crippen LogP contribution is 2.29. The van der Waals surface area contributed by atoms with Gasteiger partial charge in [-0.1, -0.05) is 22.6 Å². The minimum Gasteiger partial charge on any atom is -0.480 e. The number of hydrogen-bond donors (Lipinski definition) is 4. The zero-order valence-corrected chi connectivity index (χ0v) is 22.1. The van der Waals surface area contributed by atoms with Gasteiger partial charge >= 0.3 is 5.97 Å². The van der Waals surface area contributed by atoms with Gasteiger partial charge in [-0.25, -0.2) is 0 Å². The molecule has 32 heavy (non-hydrogen) atoms. The molecule has 3 heterocycles. The molecule has 0 aromatic carbocycles. The maximum atomic E-state index is 12.9. The predicted octanol–water partition coefficient (Wildman–Crippen LogP) is 2.23. The molecule has 3 rings (SSSR count). The molecule has 1 unspecified atom stereocenters. The summed E-state index contributed by atoms with van der Waals surface area (Å²) in [5.41, 5.74) is 1.45. The number of aliphatic carboxylic acids is 1. The smallest absolute Gasteiger partial charge is 0.322 e. The van der Waals surface area contributed by atoms with E-state index in [4.69, 9.17) is 14.6 Å². The second kappa shape index (κ2) is 12.2. The van der Waals surface area contributed by atoms with Crippen LogP contribution in [0.15, 0.2) is 6.07 Å². The Morgan fingerprint density at radius 3 is 2.84 bits per heavy atom. The number of carbonyl (C=O) groups excluding carboxylic acids is 1. The lowest BCUT2D eigenvalue weighted by Gasteiger charge is -2.16. The van der Waals surface area contributed by atoms with Crippen molar-refractivity contribution in [2.75, 3.05) is 39.9 Å². The van der Waals surface area contributed by atoms with E-state index < -0.39 is 5.97 Å². The van der Waals surface area contributed by atoms with Crippen molar-refractivity contribution in [1.29, 1.82) is 0 Å². The number of nitrogens with one attached hydrogen (secondary N) is 2. The SMILES string of the molecule is O=C(O)CNc1[nH]c(-c2nnc(C(=O)N3CCC(OCI)C3)cc2CCS)nc1OCI. The Morgan fingerprint density at radius 1 is 1.34 bits per heavy atom. The van der Waals surface area contributed by atoms with Gasteiger partial charge in [0.25, 0.3) is 11.8 Å². The first-order valence-electron chi connectivity index (χ1n) is 9.65. The number of anilines is 1. The van der Waals surface area contributed by atoms with Gasteiger partial charge < -0.3 is 29.8 Å². The van der Waals surface area contributed by atoms with Gasteiger partial charge in [0, 0.05) is 13.1 Å². The van der Waals surface area contributed by atoms with E-state index in [-0.39, 0.29) is 30.1 Å². The van der Waals surface area contributed by atoms with Crippen LogP contribution in [0.3, 0.4) is 0 Å². The van der Waals surface area contributed by atoms with Crippen LogP contribution in [0.4, 0.5) is 5.82 Å². The number of carbonyl (C=O) groups is 2. The summed E-state index contributed by atoms with van der Waals surface area (Å²) in [6, 6.07) is 1.71. The summed E-state index contributed by atoms with van der Waals surface area (Å²) >= 11 is 8.49. The Hall–Kier alpha value is -1.40. The third-order valence-corrected chi connectivity index (χ3v) is 5.60. The van der Waals surface area contributed by atoms with E-state index in [1.807, 2.05) is 22.6 Å². The quantitative estimate of drug-likeness (QED) is 0.159. The molecule has 1 aliphatic heterocycles. The lowest BCUT2D eigenvalue weighted by molar-refractivity contribution is -0.134. The van der Waals surface area contributed by atoms with Gasteiger partial charge in [-0.3, -0.25) is 9.59 Å². The van der Waals surface area contributed by atoms with Crippen molar-refractivity contribution in [2.24, 2.45) is 0 Å². The molecular weight excluding hydrogens is 666 g/mol. The van der Waals surface area contributed by atoms with Crippen molar-refractivity contribution in [2.45, 2.75) is 18.9 Å². The average Bonchev–Trinajstić information content (AvgIpc) is 3.40. The number of H-pyrrole nitrogens is 1. The van der Waals surface area contributed by atoms with Gasteiger partial charge in [-0.2, -0.15) is 17.6 Å². The summed E-state index contributed by atoms with van der Waals surface area (Å²) in [4.78, 5) is 33.0. The van der Waals surface area contributed by atoms with Crippen molar-refractivity contribution >= 4 is 75.5 Å². The topological polar surface area (TPSA) is 143 Å². The van der Waals surface area contributed by atoms with Crippen LogP contribution in [0.2, 0.25) is 0 Å². The number of rotatable bonds is 11. The van der Waals surface area contributed by atoms with E-state index in [1.165, 1.54) is 0 Å². The molecule has 0 bridgehead atoms. The number of halogens is 2. The molecule has 1 aliphatic rings. The van der Waals surface area contributed by atoms with Crippen molar-refractivity contribution in [3.05, 3.63) is 17.3 Å². The van der Waals surface area contributed by atoms with Crippen molar-refractivity contribution < 1.29 is 24.2 Å². The lowest BCUT2D eigenvalue weighted by atomic mass is 10.1. The monoisotopic (exact) mass is 688 g/mol. The Morgan fingerprint density at radius 2 is 2.16 bits per heavy atom. The van der Waals surface area contributed by atoms with E-state index in [0.717, 1.165) is 12.0 Å². The molecule has 1 atom stereocenters. The molecule has 2 aromatic rings. The molecule has 0 aliphatic carbocycles. The molecule has 0 saturated carbocycles. The number of alkyl halides is 2. The highest BCUT2D eigenvalue weighted by Gasteiger charge is 2.29. The normalized spacial score (nSPS) is 15.7. The van der Waals surface area contributed by atoms with Crippen LogP contribution in [-0.4, -0.2) is 82.8 Å². The maximum Gasteiger partial charge on any atom is 0.322 e. The highest BCUT2D eigenvalue weighted by molar-refractivity contribution is 14.1. The third-order valence-electron chi connectivity index (χ3n) is 4.71. The van der Waals surface area contributed by atoms with E-state index in [1.54, 1.807) is 11.0 Å². The first kappa shape index (κ1) is 25.2. The van der Waals surface area contributed by atoms with Crippen LogP contribution in [0.25, 0.3) is 11.5 Å². The second-order valence-electron chi connectivity index (χ2n) is 6.78. The third kappa shape index (κ3) is 6.34. The number of thiol groups is 1. The van der Waals surface area contributed by atoms with Gasteiger partial charge in [-0.15, -0.1) is 10.2 Å². The molecule has 174 valence electrons. The minimum absolute atomic E-state index is 0.0381. The zero-order chi connectivity index (χ0) is 23.1. The fourth-order valence-corrected chi connectivity index (χ4v) is 4.30. The van der Waals surface area contributed by atoms with E-state index in [2.05, 4.69) is 60.7 Å². The molecule has 0 spiro atoms. The summed E-state index contributed by atoms with van der Waals surface area (Å²) in [5, 5.41) is 20.1. The molecule has 1 amide bonds. The Balaban J connectivity index is 1.87. The van der Waals surface area contributed by atoms with Gasteiger partial charge in [0.2, 0.25) is 0 Å². The molecule has 1 saturated heterocycles. The maximum absolute atomic E-state index is 12.9. The Labute approximate surface area is 217 Å². The van der Waals surface area contributed by atoms with Crippen LogP contribution in [0.1, 0.15) is 22.5 Å². The van der Waals surface area contributed by atoms with E-state index >= 15 is 0 Å². The van der Waals surface area contributed by atoms with E-state index in [9.17, 15) is 9.59 Å². The van der Waals surface area contributed by atoms with Gasteiger partial charge in [0.15, 0.2) is 17.3 Å². The van der Waals surface area contributed by atoms with Crippen molar-refractivity contribution in [1.82, 2.24) is 25.1 Å². The van der Waals surface area contributed by atoms with Crippen molar-refractivity contribution in [3.63, 3.8) is 0 Å². The molecule has 11 nitrogen and oxygen atoms in total. The number of nitrogens with zero attached hydrogens (tertiary/aromatic N) is 4. The molecule has 0 radical (unpaired) electrons. The van der Waals surface area contributed by atoms with Gasteiger partial charge in [0.1, 0.15) is 16.9 Å². The number of carboxylic acid groups (broad SMARTS) is 1. The van der Waals surface area contributed by atoms with E-state index in [0.29, 0.717) is 51.8 Å². The van der Waals surface area contributed by atoms with Crippen molar-refractivity contribution in [3.8, 4) is 17.4 Å². The van der Waals surface area contributed by atoms with Crippen LogP contribution in [0, 0.1) is 0 Å². The zero-order valence-electron chi connectivity index (χ0n) is 16.9.